The molecule has 0 radical (unpaired) electrons. The molecule has 0 aliphatic heterocycles. The molecule has 0 bridgehead atoms. The molecule has 0 unspecified atom stereocenters. The molecule has 5 heteroatoms. The van der Waals surface area contributed by atoms with Crippen molar-refractivity contribution in [1.29, 1.82) is 0 Å². The van der Waals surface area contributed by atoms with E-state index in [9.17, 15) is 8.78 Å². The van der Waals surface area contributed by atoms with Gasteiger partial charge >= 0.3 is 0 Å². The lowest BCUT2D eigenvalue weighted by atomic mass is 10.2. The highest BCUT2D eigenvalue weighted by Gasteiger charge is 2.13. The lowest BCUT2D eigenvalue weighted by molar-refractivity contribution is 0.316. The molecule has 0 atom stereocenters. The Morgan fingerprint density at radius 1 is 1.38 bits per heavy atom. The minimum absolute atomic E-state index is 0.105. The largest absolute Gasteiger partial charge is 0.318 e. The van der Waals surface area contributed by atoms with Gasteiger partial charge in [-0.2, -0.15) is 0 Å². The van der Waals surface area contributed by atoms with Crippen LogP contribution in [0.25, 0.3) is 0 Å². The molecule has 1 aromatic carbocycles. The van der Waals surface area contributed by atoms with Crippen LogP contribution in [-0.4, -0.2) is 32.1 Å². The number of likely N-dealkylation sites (N-methyl/N-ethyl adjacent to an activating group) is 2. The fraction of sp³-hybridized carbons (Fsp3) is 0.455. The third-order valence-electron chi connectivity index (χ3n) is 2.31. The van der Waals surface area contributed by atoms with Crippen LogP contribution in [-0.2, 0) is 6.54 Å². The summed E-state index contributed by atoms with van der Waals surface area (Å²) >= 11 is 3.05. The zero-order valence-corrected chi connectivity index (χ0v) is 10.9. The van der Waals surface area contributed by atoms with Gasteiger partial charge in [0.1, 0.15) is 11.6 Å². The van der Waals surface area contributed by atoms with Crippen molar-refractivity contribution in [2.24, 2.45) is 0 Å². The van der Waals surface area contributed by atoms with Crippen LogP contribution in [0.5, 0.6) is 0 Å². The van der Waals surface area contributed by atoms with Crippen LogP contribution in [0.1, 0.15) is 5.56 Å². The van der Waals surface area contributed by atoms with E-state index in [2.05, 4.69) is 21.2 Å². The van der Waals surface area contributed by atoms with E-state index in [0.29, 0.717) is 4.47 Å². The Bertz CT molecular complexity index is 358. The predicted molar refractivity (Wildman–Crippen MR) is 64.3 cm³/mol. The molecule has 1 aromatic rings. The molecule has 0 aliphatic carbocycles. The Hall–Kier alpha value is -0.520. The van der Waals surface area contributed by atoms with E-state index in [1.165, 1.54) is 12.1 Å². The van der Waals surface area contributed by atoms with Gasteiger partial charge in [0.15, 0.2) is 0 Å². The van der Waals surface area contributed by atoms with E-state index in [1.807, 2.05) is 19.0 Å². The fourth-order valence-corrected chi connectivity index (χ4v) is 1.74. The monoisotopic (exact) mass is 292 g/mol. The Kier molecular flexibility index (Phi) is 5.31. The maximum Gasteiger partial charge on any atom is 0.144 e. The summed E-state index contributed by atoms with van der Waals surface area (Å²) in [6.45, 7) is 1.79. The van der Waals surface area contributed by atoms with Crippen molar-refractivity contribution in [2.75, 3.05) is 27.2 Å². The molecule has 90 valence electrons. The molecule has 0 heterocycles. The second kappa shape index (κ2) is 6.27. The summed E-state index contributed by atoms with van der Waals surface area (Å²) in [5.41, 5.74) is 0.105. The van der Waals surface area contributed by atoms with Crippen LogP contribution in [0.2, 0.25) is 0 Å². The fourth-order valence-electron chi connectivity index (χ4n) is 1.37. The summed E-state index contributed by atoms with van der Waals surface area (Å²) in [6.07, 6.45) is 0. The van der Waals surface area contributed by atoms with E-state index in [4.69, 9.17) is 0 Å². The molecule has 0 spiro atoms. The Morgan fingerprint density at radius 3 is 2.69 bits per heavy atom. The van der Waals surface area contributed by atoms with Gasteiger partial charge in [0.05, 0.1) is 4.47 Å². The third-order valence-corrected chi connectivity index (χ3v) is 2.92. The molecular formula is C11H15BrF2N2. The van der Waals surface area contributed by atoms with Gasteiger partial charge in [-0.3, -0.25) is 0 Å². The van der Waals surface area contributed by atoms with Crippen molar-refractivity contribution in [1.82, 2.24) is 10.2 Å². The van der Waals surface area contributed by atoms with Gasteiger partial charge in [0.2, 0.25) is 0 Å². The molecule has 0 saturated carbocycles. The Morgan fingerprint density at radius 2 is 2.06 bits per heavy atom. The van der Waals surface area contributed by atoms with Crippen LogP contribution in [0.4, 0.5) is 8.78 Å². The summed E-state index contributed by atoms with van der Waals surface area (Å²) in [5.74, 6) is -1.02. The zero-order valence-electron chi connectivity index (χ0n) is 9.36. The quantitative estimate of drug-likeness (QED) is 0.839. The zero-order chi connectivity index (χ0) is 12.1. The van der Waals surface area contributed by atoms with E-state index >= 15 is 0 Å². The van der Waals surface area contributed by atoms with Gasteiger partial charge in [0.25, 0.3) is 0 Å². The van der Waals surface area contributed by atoms with Crippen molar-refractivity contribution in [2.45, 2.75) is 6.54 Å². The standard InChI is InChI=1S/C11H15BrF2N2/c1-15-5-6-16(2)7-8-10(13)4-3-9(12)11(8)14/h3-4,15H,5-7H2,1-2H3. The van der Waals surface area contributed by atoms with Crippen LogP contribution >= 0.6 is 15.9 Å². The molecule has 16 heavy (non-hydrogen) atoms. The SMILES string of the molecule is CNCCN(C)Cc1c(F)ccc(Br)c1F. The minimum Gasteiger partial charge on any atom is -0.318 e. The van der Waals surface area contributed by atoms with Crippen LogP contribution in [0, 0.1) is 11.6 Å². The summed E-state index contributed by atoms with van der Waals surface area (Å²) in [7, 11) is 3.67. The average Bonchev–Trinajstić information content (AvgIpc) is 2.27. The molecular weight excluding hydrogens is 278 g/mol. The molecule has 2 nitrogen and oxygen atoms in total. The van der Waals surface area contributed by atoms with Crippen LogP contribution in [0.15, 0.2) is 16.6 Å². The number of benzene rings is 1. The van der Waals surface area contributed by atoms with E-state index < -0.39 is 11.6 Å². The maximum atomic E-state index is 13.6. The number of halogens is 3. The van der Waals surface area contributed by atoms with Gasteiger partial charge in [-0.05, 0) is 42.2 Å². The summed E-state index contributed by atoms with van der Waals surface area (Å²) < 4.78 is 27.3. The first-order valence-electron chi connectivity index (χ1n) is 5.01. The van der Waals surface area contributed by atoms with Gasteiger partial charge in [-0.25, -0.2) is 8.78 Å². The molecule has 0 aromatic heterocycles. The maximum absolute atomic E-state index is 13.6. The number of rotatable bonds is 5. The minimum atomic E-state index is -0.517. The third kappa shape index (κ3) is 3.50. The smallest absolute Gasteiger partial charge is 0.144 e. The number of hydrogen-bond acceptors (Lipinski definition) is 2. The Labute approximate surface area is 103 Å². The predicted octanol–water partition coefficient (Wildman–Crippen LogP) is 2.38. The van der Waals surface area contributed by atoms with Gasteiger partial charge < -0.3 is 10.2 Å². The van der Waals surface area contributed by atoms with E-state index in [0.717, 1.165) is 13.1 Å². The summed E-state index contributed by atoms with van der Waals surface area (Å²) in [6, 6.07) is 2.65. The highest BCUT2D eigenvalue weighted by Crippen LogP contribution is 2.22. The molecule has 0 fully saturated rings. The van der Waals surface area contributed by atoms with Crippen molar-refractivity contribution in [3.8, 4) is 0 Å². The Balaban J connectivity index is 2.76. The number of nitrogens with one attached hydrogen (secondary N) is 1. The summed E-state index contributed by atoms with van der Waals surface area (Å²) in [4.78, 5) is 1.87. The lowest BCUT2D eigenvalue weighted by Gasteiger charge is -2.17. The second-order valence-corrected chi connectivity index (χ2v) is 4.52. The van der Waals surface area contributed by atoms with Crippen LogP contribution < -0.4 is 5.32 Å². The molecule has 0 saturated heterocycles. The lowest BCUT2D eigenvalue weighted by Crippen LogP contribution is -2.27. The van der Waals surface area contributed by atoms with Crippen LogP contribution in [0.3, 0.4) is 0 Å². The van der Waals surface area contributed by atoms with E-state index in [-0.39, 0.29) is 12.1 Å². The highest BCUT2D eigenvalue weighted by molar-refractivity contribution is 9.10. The first-order chi connectivity index (χ1) is 7.56. The molecule has 0 aliphatic rings. The number of nitrogens with zero attached hydrogens (tertiary/aromatic N) is 1. The van der Waals surface area contributed by atoms with Crippen molar-refractivity contribution < 1.29 is 8.78 Å². The normalized spacial score (nSPS) is 11.1. The number of hydrogen-bond donors (Lipinski definition) is 1. The van der Waals surface area contributed by atoms with E-state index in [1.54, 1.807) is 0 Å². The summed E-state index contributed by atoms with van der Waals surface area (Å²) in [5, 5.41) is 2.99. The van der Waals surface area contributed by atoms with Crippen molar-refractivity contribution >= 4 is 15.9 Å². The highest BCUT2D eigenvalue weighted by atomic mass is 79.9. The van der Waals surface area contributed by atoms with Gasteiger partial charge in [-0.15, -0.1) is 0 Å². The second-order valence-electron chi connectivity index (χ2n) is 3.66. The average molecular weight is 293 g/mol. The van der Waals surface area contributed by atoms with Crippen molar-refractivity contribution in [3.05, 3.63) is 33.8 Å². The van der Waals surface area contributed by atoms with Crippen molar-refractivity contribution in [3.63, 3.8) is 0 Å². The molecule has 1 rings (SSSR count). The topological polar surface area (TPSA) is 15.3 Å². The molecule has 1 N–H and O–H groups in total. The first kappa shape index (κ1) is 13.5. The van der Waals surface area contributed by atoms with Gasteiger partial charge in [-0.1, -0.05) is 0 Å². The van der Waals surface area contributed by atoms with Gasteiger partial charge in [0, 0.05) is 25.2 Å². The molecule has 0 amide bonds. The first-order valence-corrected chi connectivity index (χ1v) is 5.81.